The summed E-state index contributed by atoms with van der Waals surface area (Å²) in [5.41, 5.74) is 16.0. The van der Waals surface area contributed by atoms with Gasteiger partial charge in [0.2, 0.25) is 17.7 Å². The summed E-state index contributed by atoms with van der Waals surface area (Å²) >= 11 is 0. The van der Waals surface area contributed by atoms with Crippen LogP contribution in [0.1, 0.15) is 39.5 Å². The molecule has 1 heterocycles. The van der Waals surface area contributed by atoms with Crippen molar-refractivity contribution in [3.63, 3.8) is 0 Å². The molecule has 0 aliphatic carbocycles. The van der Waals surface area contributed by atoms with Gasteiger partial charge in [0.1, 0.15) is 18.1 Å². The lowest BCUT2D eigenvalue weighted by atomic mass is 10.1. The molecule has 10 N–H and O–H groups in total. The average molecular weight is 444 g/mol. The molecule has 13 nitrogen and oxygen atoms in total. The number of hydrogen-bond donors (Lipinski definition) is 7. The summed E-state index contributed by atoms with van der Waals surface area (Å²) in [4.78, 5) is 54.1. The fourth-order valence-electron chi connectivity index (χ4n) is 3.24. The lowest BCUT2D eigenvalue weighted by Crippen LogP contribution is -2.59. The number of nitrogens with zero attached hydrogens (tertiary/aromatic N) is 2. The van der Waals surface area contributed by atoms with Crippen LogP contribution in [0.5, 0.6) is 0 Å². The zero-order valence-corrected chi connectivity index (χ0v) is 17.8. The van der Waals surface area contributed by atoms with Crippen LogP contribution >= 0.6 is 0 Å². The monoisotopic (exact) mass is 443 g/mol. The molecule has 0 aromatic carbocycles. The zero-order valence-electron chi connectivity index (χ0n) is 17.8. The van der Waals surface area contributed by atoms with Crippen LogP contribution in [-0.4, -0.2) is 88.1 Å². The summed E-state index contributed by atoms with van der Waals surface area (Å²) in [6, 6.07) is -4.26. The van der Waals surface area contributed by atoms with E-state index in [-0.39, 0.29) is 31.3 Å². The summed E-state index contributed by atoms with van der Waals surface area (Å²) in [7, 11) is 0. The normalized spacial score (nSPS) is 19.6. The smallest absolute Gasteiger partial charge is 0.326 e. The maximum absolute atomic E-state index is 12.7. The highest BCUT2D eigenvalue weighted by atomic mass is 16.4. The summed E-state index contributed by atoms with van der Waals surface area (Å²) in [5, 5.41) is 24.1. The molecule has 1 fully saturated rings. The molecular weight excluding hydrogens is 410 g/mol. The molecule has 0 spiro atoms. The van der Waals surface area contributed by atoms with E-state index in [0.29, 0.717) is 19.4 Å². The minimum Gasteiger partial charge on any atom is -0.480 e. The molecule has 31 heavy (non-hydrogen) atoms. The van der Waals surface area contributed by atoms with Crippen LogP contribution in [0, 0.1) is 0 Å². The van der Waals surface area contributed by atoms with Gasteiger partial charge >= 0.3 is 5.97 Å². The van der Waals surface area contributed by atoms with Crippen molar-refractivity contribution in [3.05, 3.63) is 0 Å². The SMILES string of the molecule is CC(N)C(=O)N1CCCC1C(=O)NC(C(=O)NC(CCCN=C(N)N)C(=O)O)C(C)O. The number of amides is 3. The van der Waals surface area contributed by atoms with Gasteiger partial charge in [-0.15, -0.1) is 0 Å². The maximum Gasteiger partial charge on any atom is 0.326 e. The van der Waals surface area contributed by atoms with E-state index in [1.54, 1.807) is 0 Å². The van der Waals surface area contributed by atoms with Gasteiger partial charge in [-0.3, -0.25) is 19.4 Å². The van der Waals surface area contributed by atoms with Gasteiger partial charge in [0.05, 0.1) is 12.1 Å². The predicted molar refractivity (Wildman–Crippen MR) is 111 cm³/mol. The van der Waals surface area contributed by atoms with Crippen molar-refractivity contribution in [2.45, 2.75) is 69.8 Å². The topological polar surface area (TPSA) is 226 Å². The second-order valence-electron chi connectivity index (χ2n) is 7.55. The lowest BCUT2D eigenvalue weighted by molar-refractivity contribution is -0.144. The van der Waals surface area contributed by atoms with Crippen LogP contribution in [0.15, 0.2) is 4.99 Å². The van der Waals surface area contributed by atoms with E-state index in [4.69, 9.17) is 17.2 Å². The number of aliphatic carboxylic acids is 1. The van der Waals surface area contributed by atoms with E-state index >= 15 is 0 Å². The third kappa shape index (κ3) is 8.02. The Morgan fingerprint density at radius 1 is 1.19 bits per heavy atom. The second-order valence-corrected chi connectivity index (χ2v) is 7.55. The fraction of sp³-hybridized carbons (Fsp3) is 0.722. The maximum atomic E-state index is 12.7. The van der Waals surface area contributed by atoms with E-state index in [0.717, 1.165) is 0 Å². The predicted octanol–water partition coefficient (Wildman–Crippen LogP) is -3.19. The van der Waals surface area contributed by atoms with Crippen LogP contribution in [0.2, 0.25) is 0 Å². The number of carbonyl (C=O) groups is 4. The number of aliphatic hydroxyl groups is 1. The molecule has 0 bridgehead atoms. The molecule has 5 unspecified atom stereocenters. The molecule has 0 aromatic rings. The number of carboxylic acids is 1. The first-order chi connectivity index (χ1) is 14.5. The minimum absolute atomic E-state index is 0.0393. The Morgan fingerprint density at radius 3 is 2.35 bits per heavy atom. The molecule has 0 saturated carbocycles. The van der Waals surface area contributed by atoms with Crippen molar-refractivity contribution in [2.24, 2.45) is 22.2 Å². The van der Waals surface area contributed by atoms with Gasteiger partial charge < -0.3 is 42.9 Å². The largest absolute Gasteiger partial charge is 0.480 e. The van der Waals surface area contributed by atoms with Gasteiger partial charge in [-0.25, -0.2) is 4.79 Å². The van der Waals surface area contributed by atoms with Crippen molar-refractivity contribution >= 4 is 29.7 Å². The average Bonchev–Trinajstić information content (AvgIpc) is 3.16. The minimum atomic E-state index is -1.40. The molecule has 1 rings (SSSR count). The number of nitrogens with one attached hydrogen (secondary N) is 2. The molecule has 0 aromatic heterocycles. The summed E-state index contributed by atoms with van der Waals surface area (Å²) in [5.74, 6) is -3.27. The molecule has 13 heteroatoms. The van der Waals surface area contributed by atoms with Crippen LogP contribution in [0.3, 0.4) is 0 Å². The number of carboxylic acid groups (broad SMARTS) is 1. The Bertz CT molecular complexity index is 693. The van der Waals surface area contributed by atoms with Crippen LogP contribution in [-0.2, 0) is 19.2 Å². The lowest BCUT2D eigenvalue weighted by Gasteiger charge is -2.28. The molecule has 1 aliphatic heterocycles. The van der Waals surface area contributed by atoms with Crippen molar-refractivity contribution < 1.29 is 29.4 Å². The van der Waals surface area contributed by atoms with Gasteiger partial charge in [0.15, 0.2) is 5.96 Å². The number of aliphatic imine (C=N–C) groups is 1. The fourth-order valence-corrected chi connectivity index (χ4v) is 3.24. The molecular formula is C18H33N7O6. The third-order valence-electron chi connectivity index (χ3n) is 4.85. The van der Waals surface area contributed by atoms with Crippen molar-refractivity contribution in [3.8, 4) is 0 Å². The van der Waals surface area contributed by atoms with Gasteiger partial charge in [0, 0.05) is 13.1 Å². The number of rotatable bonds is 11. The number of aliphatic hydroxyl groups excluding tert-OH is 1. The van der Waals surface area contributed by atoms with Crippen molar-refractivity contribution in [1.82, 2.24) is 15.5 Å². The molecule has 176 valence electrons. The summed E-state index contributed by atoms with van der Waals surface area (Å²) < 4.78 is 0. The first-order valence-corrected chi connectivity index (χ1v) is 10.1. The van der Waals surface area contributed by atoms with E-state index in [1.165, 1.54) is 18.7 Å². The number of hydrogen-bond acceptors (Lipinski definition) is 7. The Balaban J connectivity index is 2.79. The number of guanidine groups is 1. The Kier molecular flexibility index (Phi) is 10.1. The van der Waals surface area contributed by atoms with Gasteiger partial charge in [-0.1, -0.05) is 0 Å². The van der Waals surface area contributed by atoms with Gasteiger partial charge in [0.25, 0.3) is 0 Å². The third-order valence-corrected chi connectivity index (χ3v) is 4.85. The van der Waals surface area contributed by atoms with Gasteiger partial charge in [-0.2, -0.15) is 0 Å². The highest BCUT2D eigenvalue weighted by molar-refractivity contribution is 5.94. The van der Waals surface area contributed by atoms with E-state index < -0.39 is 48.1 Å². The second kappa shape index (κ2) is 12.1. The van der Waals surface area contributed by atoms with Crippen LogP contribution in [0.4, 0.5) is 0 Å². The Labute approximate surface area is 180 Å². The number of nitrogens with two attached hydrogens (primary N) is 3. The van der Waals surface area contributed by atoms with Crippen LogP contribution in [0.25, 0.3) is 0 Å². The van der Waals surface area contributed by atoms with Crippen molar-refractivity contribution in [1.29, 1.82) is 0 Å². The number of carbonyl (C=O) groups excluding carboxylic acids is 3. The Hall–Kier alpha value is -2.93. The summed E-state index contributed by atoms with van der Waals surface area (Å²) in [6.45, 7) is 3.35. The number of likely N-dealkylation sites (tertiary alicyclic amines) is 1. The molecule has 1 aliphatic rings. The molecule has 5 atom stereocenters. The van der Waals surface area contributed by atoms with E-state index in [2.05, 4.69) is 15.6 Å². The molecule has 3 amide bonds. The first-order valence-electron chi connectivity index (χ1n) is 10.1. The van der Waals surface area contributed by atoms with Crippen molar-refractivity contribution in [2.75, 3.05) is 13.1 Å². The first kappa shape index (κ1) is 26.1. The van der Waals surface area contributed by atoms with Crippen LogP contribution < -0.4 is 27.8 Å². The highest BCUT2D eigenvalue weighted by Crippen LogP contribution is 2.18. The Morgan fingerprint density at radius 2 is 1.84 bits per heavy atom. The van der Waals surface area contributed by atoms with E-state index in [1.807, 2.05) is 0 Å². The van der Waals surface area contributed by atoms with Gasteiger partial charge in [-0.05, 0) is 39.5 Å². The highest BCUT2D eigenvalue weighted by Gasteiger charge is 2.38. The molecule has 1 saturated heterocycles. The molecule has 0 radical (unpaired) electrons. The van der Waals surface area contributed by atoms with E-state index in [9.17, 15) is 29.4 Å². The zero-order chi connectivity index (χ0) is 23.7. The quantitative estimate of drug-likeness (QED) is 0.0968. The standard InChI is InChI=1S/C18H33N7O6/c1-9(19)16(29)25-8-4-6-12(25)14(27)24-13(10(2)26)15(28)23-11(17(30)31)5-3-7-22-18(20)21/h9-13,26H,3-8,19H2,1-2H3,(H,23,28)(H,24,27)(H,30,31)(H4,20,21,22). The summed E-state index contributed by atoms with van der Waals surface area (Å²) in [6.07, 6.45) is 0.00787.